The Morgan fingerprint density at radius 3 is 2.14 bits per heavy atom. The average molecular weight is 331 g/mol. The van der Waals surface area contributed by atoms with E-state index in [9.17, 15) is 0 Å². The van der Waals surface area contributed by atoms with Gasteiger partial charge in [-0.25, -0.2) is 0 Å². The van der Waals surface area contributed by atoms with Crippen LogP contribution in [-0.2, 0) is 0 Å². The summed E-state index contributed by atoms with van der Waals surface area (Å²) in [5.41, 5.74) is 0. The Hall–Kier alpha value is 0.350. The molecule has 0 saturated carbocycles. The Kier molecular flexibility index (Phi) is 13.7. The number of aliphatic imine (C=N–C) groups is 1. The Labute approximate surface area is 109 Å². The largest absolute Gasteiger partial charge is 0.357 e. The SMILES string of the molecule is CCNC(=NCC(C)SC)NCC.I. The number of nitrogens with one attached hydrogen (secondary N) is 2. The molecular weight excluding hydrogens is 309 g/mol. The molecule has 0 radical (unpaired) electrons. The van der Waals surface area contributed by atoms with Crippen molar-refractivity contribution in [1.29, 1.82) is 0 Å². The zero-order chi connectivity index (χ0) is 10.1. The highest BCUT2D eigenvalue weighted by Crippen LogP contribution is 2.04. The molecule has 5 heteroatoms. The fourth-order valence-electron chi connectivity index (χ4n) is 0.804. The summed E-state index contributed by atoms with van der Waals surface area (Å²) >= 11 is 1.84. The van der Waals surface area contributed by atoms with E-state index in [1.807, 2.05) is 11.8 Å². The third-order valence-corrected chi connectivity index (χ3v) is 2.55. The number of nitrogens with zero attached hydrogens (tertiary/aromatic N) is 1. The Bertz CT molecular complexity index is 145. The molecule has 0 rings (SSSR count). The molecule has 0 aromatic heterocycles. The van der Waals surface area contributed by atoms with Crippen LogP contribution >= 0.6 is 35.7 Å². The van der Waals surface area contributed by atoms with Crippen molar-refractivity contribution in [2.24, 2.45) is 4.99 Å². The summed E-state index contributed by atoms with van der Waals surface area (Å²) in [6, 6.07) is 0. The van der Waals surface area contributed by atoms with Crippen LogP contribution in [-0.4, -0.2) is 37.1 Å². The number of halogens is 1. The second-order valence-corrected chi connectivity index (χ2v) is 4.07. The minimum Gasteiger partial charge on any atom is -0.357 e. The minimum atomic E-state index is 0. The molecule has 0 aliphatic rings. The van der Waals surface area contributed by atoms with Crippen LogP contribution in [0.1, 0.15) is 20.8 Å². The standard InChI is InChI=1S/C9H21N3S.HI/c1-5-10-9(11-6-2)12-7-8(3)13-4;/h8H,5-7H2,1-4H3,(H2,10,11,12);1H. The highest BCUT2D eigenvalue weighted by atomic mass is 127. The fraction of sp³-hybridized carbons (Fsp3) is 0.889. The van der Waals surface area contributed by atoms with Crippen LogP contribution in [0.15, 0.2) is 4.99 Å². The number of hydrogen-bond donors (Lipinski definition) is 2. The zero-order valence-corrected chi connectivity index (χ0v) is 12.6. The summed E-state index contributed by atoms with van der Waals surface area (Å²) in [5, 5.41) is 6.98. The summed E-state index contributed by atoms with van der Waals surface area (Å²) in [4.78, 5) is 4.45. The maximum atomic E-state index is 4.45. The topological polar surface area (TPSA) is 36.4 Å². The first-order valence-electron chi connectivity index (χ1n) is 4.79. The lowest BCUT2D eigenvalue weighted by atomic mass is 10.5. The molecule has 0 aromatic rings. The second-order valence-electron chi connectivity index (χ2n) is 2.80. The summed E-state index contributed by atoms with van der Waals surface area (Å²) in [6.45, 7) is 9.04. The van der Waals surface area contributed by atoms with Crippen molar-refractivity contribution >= 4 is 41.7 Å². The third-order valence-electron chi connectivity index (χ3n) is 1.60. The van der Waals surface area contributed by atoms with Gasteiger partial charge in [0.15, 0.2) is 5.96 Å². The van der Waals surface area contributed by atoms with E-state index in [-0.39, 0.29) is 24.0 Å². The quantitative estimate of drug-likeness (QED) is 0.459. The van der Waals surface area contributed by atoms with Gasteiger partial charge in [-0.2, -0.15) is 11.8 Å². The second kappa shape index (κ2) is 11.4. The van der Waals surface area contributed by atoms with Gasteiger partial charge in [0.2, 0.25) is 0 Å². The number of thioether (sulfide) groups is 1. The van der Waals surface area contributed by atoms with E-state index in [0.717, 1.165) is 25.6 Å². The molecule has 14 heavy (non-hydrogen) atoms. The van der Waals surface area contributed by atoms with Gasteiger partial charge in [-0.3, -0.25) is 4.99 Å². The van der Waals surface area contributed by atoms with Crippen LogP contribution < -0.4 is 10.6 Å². The maximum absolute atomic E-state index is 4.45. The van der Waals surface area contributed by atoms with Crippen molar-refractivity contribution in [3.8, 4) is 0 Å². The first-order chi connectivity index (χ1) is 6.24. The normalized spacial score (nSPS) is 11.1. The molecule has 0 aliphatic carbocycles. The molecular formula is C9H22IN3S. The van der Waals surface area contributed by atoms with Crippen molar-refractivity contribution < 1.29 is 0 Å². The highest BCUT2D eigenvalue weighted by molar-refractivity contribution is 14.0. The van der Waals surface area contributed by atoms with Gasteiger partial charge in [0.05, 0.1) is 6.54 Å². The monoisotopic (exact) mass is 331 g/mol. The van der Waals surface area contributed by atoms with E-state index in [2.05, 4.69) is 42.7 Å². The number of rotatable bonds is 5. The van der Waals surface area contributed by atoms with E-state index in [0.29, 0.717) is 5.25 Å². The average Bonchev–Trinajstić information content (AvgIpc) is 2.14. The molecule has 3 nitrogen and oxygen atoms in total. The number of hydrogen-bond acceptors (Lipinski definition) is 2. The summed E-state index contributed by atoms with van der Waals surface area (Å²) in [5.74, 6) is 0.922. The summed E-state index contributed by atoms with van der Waals surface area (Å²) in [6.07, 6.45) is 2.11. The van der Waals surface area contributed by atoms with Crippen LogP contribution in [0.3, 0.4) is 0 Å². The van der Waals surface area contributed by atoms with E-state index >= 15 is 0 Å². The smallest absolute Gasteiger partial charge is 0.191 e. The molecule has 2 N–H and O–H groups in total. The summed E-state index contributed by atoms with van der Waals surface area (Å²) < 4.78 is 0. The molecule has 0 amide bonds. The molecule has 0 saturated heterocycles. The molecule has 1 unspecified atom stereocenters. The van der Waals surface area contributed by atoms with Crippen molar-refractivity contribution in [2.45, 2.75) is 26.0 Å². The van der Waals surface area contributed by atoms with E-state index < -0.39 is 0 Å². The third kappa shape index (κ3) is 8.93. The van der Waals surface area contributed by atoms with Crippen LogP contribution in [0.5, 0.6) is 0 Å². The molecule has 86 valence electrons. The van der Waals surface area contributed by atoms with Gasteiger partial charge in [0.1, 0.15) is 0 Å². The predicted octanol–water partition coefficient (Wildman–Crippen LogP) is 1.93. The van der Waals surface area contributed by atoms with Crippen LogP contribution in [0.25, 0.3) is 0 Å². The maximum Gasteiger partial charge on any atom is 0.191 e. The van der Waals surface area contributed by atoms with E-state index in [1.165, 1.54) is 0 Å². The number of guanidine groups is 1. The van der Waals surface area contributed by atoms with Gasteiger partial charge < -0.3 is 10.6 Å². The van der Waals surface area contributed by atoms with Gasteiger partial charge in [-0.1, -0.05) is 6.92 Å². The lowest BCUT2D eigenvalue weighted by molar-refractivity contribution is 0.831. The molecule has 0 aliphatic heterocycles. The molecule has 0 bridgehead atoms. The van der Waals surface area contributed by atoms with Crippen LogP contribution in [0, 0.1) is 0 Å². The van der Waals surface area contributed by atoms with Crippen molar-refractivity contribution in [3.05, 3.63) is 0 Å². The molecule has 0 fully saturated rings. The first kappa shape index (κ1) is 16.8. The van der Waals surface area contributed by atoms with Gasteiger partial charge in [-0.05, 0) is 20.1 Å². The van der Waals surface area contributed by atoms with Crippen LogP contribution in [0.2, 0.25) is 0 Å². The lowest BCUT2D eigenvalue weighted by Gasteiger charge is -2.10. The first-order valence-corrected chi connectivity index (χ1v) is 6.08. The Morgan fingerprint density at radius 2 is 1.79 bits per heavy atom. The van der Waals surface area contributed by atoms with Crippen LogP contribution in [0.4, 0.5) is 0 Å². The van der Waals surface area contributed by atoms with E-state index in [1.54, 1.807) is 0 Å². The van der Waals surface area contributed by atoms with Crippen molar-refractivity contribution in [3.63, 3.8) is 0 Å². The van der Waals surface area contributed by atoms with Gasteiger partial charge in [0.25, 0.3) is 0 Å². The molecule has 0 heterocycles. The van der Waals surface area contributed by atoms with Crippen molar-refractivity contribution in [2.75, 3.05) is 25.9 Å². The Balaban J connectivity index is 0. The van der Waals surface area contributed by atoms with E-state index in [4.69, 9.17) is 0 Å². The molecule has 1 atom stereocenters. The fourth-order valence-corrected chi connectivity index (χ4v) is 1.03. The van der Waals surface area contributed by atoms with Gasteiger partial charge in [0, 0.05) is 18.3 Å². The summed E-state index contributed by atoms with van der Waals surface area (Å²) in [7, 11) is 0. The van der Waals surface area contributed by atoms with Crippen molar-refractivity contribution in [1.82, 2.24) is 10.6 Å². The zero-order valence-electron chi connectivity index (χ0n) is 9.46. The molecule has 0 aromatic carbocycles. The Morgan fingerprint density at radius 1 is 1.29 bits per heavy atom. The van der Waals surface area contributed by atoms with Gasteiger partial charge in [-0.15, -0.1) is 24.0 Å². The van der Waals surface area contributed by atoms with Gasteiger partial charge >= 0.3 is 0 Å². The highest BCUT2D eigenvalue weighted by Gasteiger charge is 1.98. The minimum absolute atomic E-state index is 0. The lowest BCUT2D eigenvalue weighted by Crippen LogP contribution is -2.37. The molecule has 0 spiro atoms. The predicted molar refractivity (Wildman–Crippen MR) is 78.0 cm³/mol.